The molecule has 0 amide bonds. The van der Waals surface area contributed by atoms with Gasteiger partial charge in [0.25, 0.3) is 0 Å². The van der Waals surface area contributed by atoms with E-state index in [1.165, 1.54) is 0 Å². The lowest BCUT2D eigenvalue weighted by molar-refractivity contribution is 1.03. The van der Waals surface area contributed by atoms with Crippen molar-refractivity contribution in [2.45, 2.75) is 13.8 Å². The summed E-state index contributed by atoms with van der Waals surface area (Å²) in [7, 11) is 1.84. The van der Waals surface area contributed by atoms with Gasteiger partial charge in [-0.3, -0.25) is 0 Å². The third kappa shape index (κ3) is 2.98. The Bertz CT molecular complexity index is 616. The maximum Gasteiger partial charge on any atom is 0.139 e. The molecule has 0 radical (unpaired) electrons. The second-order valence-electron chi connectivity index (χ2n) is 4.07. The van der Waals surface area contributed by atoms with Crippen molar-refractivity contribution in [2.75, 3.05) is 17.7 Å². The number of hydrogen-bond acceptors (Lipinski definition) is 4. The van der Waals surface area contributed by atoms with Gasteiger partial charge in [-0.15, -0.1) is 0 Å². The molecule has 2 rings (SSSR count). The Morgan fingerprint density at radius 1 is 1.16 bits per heavy atom. The van der Waals surface area contributed by atoms with Gasteiger partial charge in [-0.1, -0.05) is 17.7 Å². The number of anilines is 3. The number of rotatable bonds is 3. The fourth-order valence-corrected chi connectivity index (χ4v) is 2.26. The van der Waals surface area contributed by atoms with Crippen LogP contribution in [0, 0.1) is 13.8 Å². The number of benzene rings is 1. The Labute approximate surface area is 125 Å². The number of halogens is 2. The van der Waals surface area contributed by atoms with E-state index in [1.807, 2.05) is 39.1 Å². The van der Waals surface area contributed by atoms with Crippen LogP contribution in [0.15, 0.2) is 22.7 Å². The zero-order valence-electron chi connectivity index (χ0n) is 10.9. The maximum atomic E-state index is 6.08. The molecule has 0 saturated carbocycles. The Morgan fingerprint density at radius 3 is 2.53 bits per heavy atom. The number of aryl methyl sites for hydroxylation is 1. The van der Waals surface area contributed by atoms with Crippen molar-refractivity contribution in [1.82, 2.24) is 9.97 Å². The largest absolute Gasteiger partial charge is 0.373 e. The van der Waals surface area contributed by atoms with Gasteiger partial charge in [-0.05, 0) is 41.9 Å². The Hall–Kier alpha value is -1.33. The lowest BCUT2D eigenvalue weighted by atomic mass is 10.2. The van der Waals surface area contributed by atoms with E-state index in [0.717, 1.165) is 27.4 Å². The number of nitrogens with zero attached hydrogens (tertiary/aromatic N) is 2. The molecule has 0 aliphatic rings. The van der Waals surface area contributed by atoms with Crippen molar-refractivity contribution in [2.24, 2.45) is 0 Å². The number of hydrogen-bond donors (Lipinski definition) is 2. The molecular weight excluding hydrogens is 328 g/mol. The van der Waals surface area contributed by atoms with Crippen LogP contribution in [0.5, 0.6) is 0 Å². The molecular formula is C13H14BrClN4. The summed E-state index contributed by atoms with van der Waals surface area (Å²) >= 11 is 9.54. The zero-order valence-corrected chi connectivity index (χ0v) is 13.2. The topological polar surface area (TPSA) is 49.8 Å². The van der Waals surface area contributed by atoms with E-state index in [1.54, 1.807) is 0 Å². The van der Waals surface area contributed by atoms with Gasteiger partial charge >= 0.3 is 0 Å². The predicted molar refractivity (Wildman–Crippen MR) is 83.5 cm³/mol. The minimum absolute atomic E-state index is 0.655. The molecule has 0 fully saturated rings. The minimum atomic E-state index is 0.655. The lowest BCUT2D eigenvalue weighted by Gasteiger charge is -2.14. The molecule has 6 heteroatoms. The van der Waals surface area contributed by atoms with E-state index in [9.17, 15) is 0 Å². The van der Waals surface area contributed by atoms with Crippen LogP contribution < -0.4 is 10.6 Å². The van der Waals surface area contributed by atoms with Gasteiger partial charge in [0.15, 0.2) is 0 Å². The summed E-state index contributed by atoms with van der Waals surface area (Å²) < 4.78 is 0.818. The first-order valence-electron chi connectivity index (χ1n) is 5.77. The zero-order chi connectivity index (χ0) is 14.0. The molecule has 100 valence electrons. The summed E-state index contributed by atoms with van der Waals surface area (Å²) in [6.45, 7) is 3.82. The van der Waals surface area contributed by atoms with Gasteiger partial charge in [0, 0.05) is 12.6 Å². The molecule has 0 aliphatic carbocycles. The first-order valence-corrected chi connectivity index (χ1v) is 6.94. The van der Waals surface area contributed by atoms with Crippen molar-refractivity contribution in [3.63, 3.8) is 0 Å². The van der Waals surface area contributed by atoms with Gasteiger partial charge in [0.2, 0.25) is 0 Å². The second kappa shape index (κ2) is 5.75. The quantitative estimate of drug-likeness (QED) is 0.874. The Morgan fingerprint density at radius 2 is 1.84 bits per heavy atom. The summed E-state index contributed by atoms with van der Waals surface area (Å²) in [5.41, 5.74) is 1.83. The van der Waals surface area contributed by atoms with Gasteiger partial charge in [0.1, 0.15) is 17.5 Å². The van der Waals surface area contributed by atoms with Crippen molar-refractivity contribution >= 4 is 44.9 Å². The minimum Gasteiger partial charge on any atom is -0.373 e. The van der Waals surface area contributed by atoms with Crippen LogP contribution in [0.2, 0.25) is 5.02 Å². The first-order chi connectivity index (χ1) is 9.02. The molecule has 0 atom stereocenters. The van der Waals surface area contributed by atoms with Crippen LogP contribution in [0.25, 0.3) is 0 Å². The smallest absolute Gasteiger partial charge is 0.139 e. The first kappa shape index (κ1) is 14.1. The van der Waals surface area contributed by atoms with Crippen LogP contribution in [-0.2, 0) is 0 Å². The molecule has 1 aromatic carbocycles. The van der Waals surface area contributed by atoms with Gasteiger partial charge in [0.05, 0.1) is 15.2 Å². The number of aromatic nitrogens is 2. The fraction of sp³-hybridized carbons (Fsp3) is 0.231. The maximum absolute atomic E-state index is 6.08. The Balaban J connectivity index is 2.43. The standard InChI is InChI=1S/C13H14BrClN4/c1-7-12(16-3)17-8(2)18-13(7)19-10-6-4-5-9(15)11(10)14/h4-6H,1-3H3,(H2,16,17,18,19). The molecule has 2 aromatic rings. The van der Waals surface area contributed by atoms with Crippen LogP contribution in [0.1, 0.15) is 11.4 Å². The highest BCUT2D eigenvalue weighted by molar-refractivity contribution is 9.10. The van der Waals surface area contributed by atoms with E-state index < -0.39 is 0 Å². The second-order valence-corrected chi connectivity index (χ2v) is 5.27. The molecule has 0 aliphatic heterocycles. The average Bonchev–Trinajstić information content (AvgIpc) is 2.38. The van der Waals surface area contributed by atoms with Gasteiger partial charge in [-0.2, -0.15) is 0 Å². The lowest BCUT2D eigenvalue weighted by Crippen LogP contribution is -2.05. The monoisotopic (exact) mass is 340 g/mol. The van der Waals surface area contributed by atoms with Crippen molar-refractivity contribution < 1.29 is 0 Å². The summed E-state index contributed by atoms with van der Waals surface area (Å²) in [5.74, 6) is 2.28. The molecule has 4 nitrogen and oxygen atoms in total. The van der Waals surface area contributed by atoms with Crippen molar-refractivity contribution in [3.8, 4) is 0 Å². The van der Waals surface area contributed by atoms with E-state index in [-0.39, 0.29) is 0 Å². The summed E-state index contributed by atoms with van der Waals surface area (Å²) in [4.78, 5) is 8.75. The highest BCUT2D eigenvalue weighted by Gasteiger charge is 2.10. The van der Waals surface area contributed by atoms with Crippen molar-refractivity contribution in [1.29, 1.82) is 0 Å². The molecule has 1 heterocycles. The van der Waals surface area contributed by atoms with Crippen LogP contribution >= 0.6 is 27.5 Å². The third-order valence-electron chi connectivity index (χ3n) is 2.70. The van der Waals surface area contributed by atoms with Crippen LogP contribution in [0.4, 0.5) is 17.3 Å². The SMILES string of the molecule is CNc1nc(C)nc(Nc2cccc(Cl)c2Br)c1C. The molecule has 2 N–H and O–H groups in total. The third-order valence-corrected chi connectivity index (χ3v) is 4.10. The predicted octanol–water partition coefficient (Wildman–Crippen LogP) is 4.29. The molecule has 0 saturated heterocycles. The van der Waals surface area contributed by atoms with Crippen LogP contribution in [0.3, 0.4) is 0 Å². The highest BCUT2D eigenvalue weighted by atomic mass is 79.9. The summed E-state index contributed by atoms with van der Waals surface area (Å²) in [5, 5.41) is 6.99. The summed E-state index contributed by atoms with van der Waals surface area (Å²) in [6.07, 6.45) is 0. The molecule has 19 heavy (non-hydrogen) atoms. The van der Waals surface area contributed by atoms with E-state index in [0.29, 0.717) is 10.8 Å². The van der Waals surface area contributed by atoms with Gasteiger partial charge in [-0.25, -0.2) is 9.97 Å². The molecule has 0 unspecified atom stereocenters. The fourth-order valence-electron chi connectivity index (χ4n) is 1.72. The molecule has 0 spiro atoms. The molecule has 0 bridgehead atoms. The highest BCUT2D eigenvalue weighted by Crippen LogP contribution is 2.33. The number of nitrogens with one attached hydrogen (secondary N) is 2. The van der Waals surface area contributed by atoms with E-state index in [4.69, 9.17) is 11.6 Å². The summed E-state index contributed by atoms with van der Waals surface area (Å²) in [6, 6.07) is 5.65. The van der Waals surface area contributed by atoms with Gasteiger partial charge < -0.3 is 10.6 Å². The van der Waals surface area contributed by atoms with Crippen LogP contribution in [-0.4, -0.2) is 17.0 Å². The van der Waals surface area contributed by atoms with E-state index >= 15 is 0 Å². The Kier molecular flexibility index (Phi) is 4.27. The molecule has 1 aromatic heterocycles. The normalized spacial score (nSPS) is 10.4. The van der Waals surface area contributed by atoms with E-state index in [2.05, 4.69) is 36.5 Å². The van der Waals surface area contributed by atoms with Crippen molar-refractivity contribution in [3.05, 3.63) is 39.1 Å². The average molecular weight is 342 g/mol.